The molecule has 4 rings (SSSR count). The number of rotatable bonds is 7. The molecule has 1 fully saturated rings. The Morgan fingerprint density at radius 3 is 2.74 bits per heavy atom. The van der Waals surface area contributed by atoms with Crippen molar-refractivity contribution < 1.29 is 8.42 Å². The van der Waals surface area contributed by atoms with E-state index in [-0.39, 0.29) is 29.0 Å². The third kappa shape index (κ3) is 3.84. The Hall–Kier alpha value is -2.01. The third-order valence-corrected chi connectivity index (χ3v) is 7.32. The molecule has 0 spiro atoms. The van der Waals surface area contributed by atoms with Crippen molar-refractivity contribution in [1.29, 1.82) is 0 Å². The summed E-state index contributed by atoms with van der Waals surface area (Å²) in [5, 5.41) is 4.41. The molecule has 0 aliphatic heterocycles. The third-order valence-electron chi connectivity index (χ3n) is 4.13. The molecule has 1 N–H and O–H groups in total. The summed E-state index contributed by atoms with van der Waals surface area (Å²) >= 11 is 6.77. The van der Waals surface area contributed by atoms with E-state index >= 15 is 0 Å². The second-order valence-corrected chi connectivity index (χ2v) is 9.84. The van der Waals surface area contributed by atoms with E-state index in [0.29, 0.717) is 10.2 Å². The summed E-state index contributed by atoms with van der Waals surface area (Å²) in [6.07, 6.45) is 5.19. The number of nitrogens with zero attached hydrogens (tertiary/aromatic N) is 4. The Bertz CT molecular complexity index is 1120. The van der Waals surface area contributed by atoms with Crippen LogP contribution >= 0.6 is 22.9 Å². The predicted molar refractivity (Wildman–Crippen MR) is 103 cm³/mol. The lowest BCUT2D eigenvalue weighted by molar-refractivity contribution is 0.548. The Morgan fingerprint density at radius 1 is 1.30 bits per heavy atom. The van der Waals surface area contributed by atoms with Gasteiger partial charge in [0.1, 0.15) is 4.21 Å². The summed E-state index contributed by atoms with van der Waals surface area (Å²) in [4.78, 5) is 16.8. The van der Waals surface area contributed by atoms with E-state index < -0.39 is 10.0 Å². The highest BCUT2D eigenvalue weighted by atomic mass is 35.5. The number of hydrogen-bond donors (Lipinski definition) is 1. The summed E-state index contributed by atoms with van der Waals surface area (Å²) in [5.74, 6) is 0.559. The minimum atomic E-state index is -3.66. The molecule has 1 aliphatic carbocycles. The van der Waals surface area contributed by atoms with Crippen molar-refractivity contribution in [3.05, 3.63) is 51.5 Å². The van der Waals surface area contributed by atoms with Crippen LogP contribution in [0.5, 0.6) is 0 Å². The minimum absolute atomic E-state index is 0.0475. The maximum Gasteiger partial charge on any atom is 0.346 e. The van der Waals surface area contributed by atoms with Gasteiger partial charge in [-0.3, -0.25) is 9.55 Å². The highest BCUT2D eigenvalue weighted by Crippen LogP contribution is 2.36. The van der Waals surface area contributed by atoms with Gasteiger partial charge in [-0.25, -0.2) is 22.6 Å². The van der Waals surface area contributed by atoms with E-state index in [9.17, 15) is 13.2 Å². The molecule has 0 atom stereocenters. The first-order valence-corrected chi connectivity index (χ1v) is 11.0. The van der Waals surface area contributed by atoms with Gasteiger partial charge in [-0.1, -0.05) is 11.6 Å². The molecule has 11 heteroatoms. The number of pyridine rings is 1. The van der Waals surface area contributed by atoms with Gasteiger partial charge in [0.2, 0.25) is 10.0 Å². The predicted octanol–water partition coefficient (Wildman–Crippen LogP) is 2.14. The van der Waals surface area contributed by atoms with Crippen molar-refractivity contribution in [2.45, 2.75) is 29.6 Å². The van der Waals surface area contributed by atoms with Gasteiger partial charge in [-0.2, -0.15) is 0 Å². The summed E-state index contributed by atoms with van der Waals surface area (Å²) < 4.78 is 30.5. The summed E-state index contributed by atoms with van der Waals surface area (Å²) in [6.45, 7) is 0.177. The van der Waals surface area contributed by atoms with Crippen molar-refractivity contribution in [2.24, 2.45) is 0 Å². The van der Waals surface area contributed by atoms with E-state index in [1.807, 2.05) is 6.07 Å². The van der Waals surface area contributed by atoms with Crippen LogP contribution in [0.25, 0.3) is 11.4 Å². The van der Waals surface area contributed by atoms with E-state index in [0.717, 1.165) is 29.7 Å². The Balaban J connectivity index is 1.54. The summed E-state index contributed by atoms with van der Waals surface area (Å²) in [5.41, 5.74) is 0.517. The second kappa shape index (κ2) is 7.19. The Morgan fingerprint density at radius 2 is 2.11 bits per heavy atom. The molecule has 142 valence electrons. The maximum atomic E-state index is 12.7. The molecule has 1 aliphatic rings. The standard InChI is InChI=1S/C16H16ClN5O3S2/c17-13-5-6-14(26-13)27(24,25)19-8-9-21-16(23)22(12-3-4-12)15(20-21)11-2-1-7-18-10-11/h1-2,5-7,10,12,19H,3-4,8-9H2. The summed E-state index contributed by atoms with van der Waals surface area (Å²) in [7, 11) is -3.66. The average molecular weight is 426 g/mol. The topological polar surface area (TPSA) is 98.9 Å². The molecule has 0 amide bonds. The Labute approximate surface area is 164 Å². The number of hydrogen-bond acceptors (Lipinski definition) is 6. The van der Waals surface area contributed by atoms with Crippen LogP contribution in [-0.2, 0) is 16.6 Å². The smallest absolute Gasteiger partial charge is 0.272 e. The van der Waals surface area contributed by atoms with E-state index in [1.165, 1.54) is 16.8 Å². The van der Waals surface area contributed by atoms with Crippen LogP contribution in [0, 0.1) is 0 Å². The van der Waals surface area contributed by atoms with Crippen LogP contribution in [0.15, 0.2) is 45.7 Å². The molecule has 1 saturated carbocycles. The van der Waals surface area contributed by atoms with Crippen molar-refractivity contribution in [3.8, 4) is 11.4 Å². The van der Waals surface area contributed by atoms with Crippen LogP contribution in [-0.4, -0.2) is 34.3 Å². The first kappa shape index (κ1) is 18.4. The van der Waals surface area contributed by atoms with Gasteiger partial charge in [-0.05, 0) is 37.1 Å². The van der Waals surface area contributed by atoms with Gasteiger partial charge < -0.3 is 0 Å². The van der Waals surface area contributed by atoms with Crippen LogP contribution in [0.1, 0.15) is 18.9 Å². The molecule has 8 nitrogen and oxygen atoms in total. The van der Waals surface area contributed by atoms with Gasteiger partial charge in [-0.15, -0.1) is 16.4 Å². The van der Waals surface area contributed by atoms with Gasteiger partial charge in [0.05, 0.1) is 10.9 Å². The molecule has 0 bridgehead atoms. The molecular weight excluding hydrogens is 410 g/mol. The van der Waals surface area contributed by atoms with Gasteiger partial charge in [0.15, 0.2) is 5.82 Å². The molecule has 0 radical (unpaired) electrons. The lowest BCUT2D eigenvalue weighted by Gasteiger charge is -2.04. The van der Waals surface area contributed by atoms with E-state index in [4.69, 9.17) is 11.6 Å². The first-order chi connectivity index (χ1) is 13.0. The van der Waals surface area contributed by atoms with Crippen LogP contribution < -0.4 is 10.4 Å². The number of sulfonamides is 1. The normalized spacial score (nSPS) is 14.6. The van der Waals surface area contributed by atoms with Crippen LogP contribution in [0.2, 0.25) is 4.34 Å². The molecule has 0 aromatic carbocycles. The van der Waals surface area contributed by atoms with Crippen molar-refractivity contribution in [3.63, 3.8) is 0 Å². The number of halogens is 1. The second-order valence-electron chi connectivity index (χ2n) is 6.13. The van der Waals surface area contributed by atoms with E-state index in [1.54, 1.807) is 23.0 Å². The zero-order valence-electron chi connectivity index (χ0n) is 14.1. The van der Waals surface area contributed by atoms with Crippen molar-refractivity contribution in [1.82, 2.24) is 24.1 Å². The molecule has 3 aromatic rings. The quantitative estimate of drug-likeness (QED) is 0.625. The highest BCUT2D eigenvalue weighted by molar-refractivity contribution is 7.91. The Kier molecular flexibility index (Phi) is 4.89. The van der Waals surface area contributed by atoms with Crippen LogP contribution in [0.4, 0.5) is 0 Å². The number of aromatic nitrogens is 4. The zero-order valence-corrected chi connectivity index (χ0v) is 16.5. The van der Waals surface area contributed by atoms with Gasteiger partial charge >= 0.3 is 5.69 Å². The SMILES string of the molecule is O=c1n(CCNS(=O)(=O)c2ccc(Cl)s2)nc(-c2cccnc2)n1C1CC1. The fourth-order valence-corrected chi connectivity index (χ4v) is 5.27. The first-order valence-electron chi connectivity index (χ1n) is 8.30. The molecule has 3 aromatic heterocycles. The van der Waals surface area contributed by atoms with Gasteiger partial charge in [0.25, 0.3) is 0 Å². The molecular formula is C16H16ClN5O3S2. The maximum absolute atomic E-state index is 12.7. The van der Waals surface area contributed by atoms with E-state index in [2.05, 4.69) is 14.8 Å². The molecule has 27 heavy (non-hydrogen) atoms. The lowest BCUT2D eigenvalue weighted by atomic mass is 10.3. The molecule has 3 heterocycles. The van der Waals surface area contributed by atoms with Crippen molar-refractivity contribution in [2.75, 3.05) is 6.54 Å². The minimum Gasteiger partial charge on any atom is -0.272 e. The zero-order chi connectivity index (χ0) is 19.0. The fourth-order valence-electron chi connectivity index (χ4n) is 2.72. The van der Waals surface area contributed by atoms with Crippen LogP contribution in [0.3, 0.4) is 0 Å². The number of thiophene rings is 1. The molecule has 0 unspecified atom stereocenters. The fraction of sp³-hybridized carbons (Fsp3) is 0.312. The lowest BCUT2D eigenvalue weighted by Crippen LogP contribution is -2.31. The average Bonchev–Trinajstić information content (AvgIpc) is 3.30. The largest absolute Gasteiger partial charge is 0.346 e. The van der Waals surface area contributed by atoms with Gasteiger partial charge in [0, 0.05) is 30.5 Å². The monoisotopic (exact) mass is 425 g/mol. The summed E-state index contributed by atoms with van der Waals surface area (Å²) in [6, 6.07) is 6.76. The number of nitrogens with one attached hydrogen (secondary N) is 1. The van der Waals surface area contributed by atoms with Crippen molar-refractivity contribution >= 4 is 33.0 Å². The molecule has 0 saturated heterocycles. The highest BCUT2D eigenvalue weighted by Gasteiger charge is 2.30.